The van der Waals surface area contributed by atoms with Crippen LogP contribution in [0.3, 0.4) is 0 Å². The van der Waals surface area contributed by atoms with E-state index in [9.17, 15) is 29.5 Å². The fourth-order valence-corrected chi connectivity index (χ4v) is 13.2. The monoisotopic (exact) mass is 1090 g/mol. The van der Waals surface area contributed by atoms with E-state index in [0.717, 1.165) is 27.5 Å². The van der Waals surface area contributed by atoms with E-state index in [1.54, 1.807) is 59.9 Å². The summed E-state index contributed by atoms with van der Waals surface area (Å²) >= 11 is 7.78. The fourth-order valence-electron chi connectivity index (χ4n) is 12.2. The number of halogens is 1. The first kappa shape index (κ1) is 55.2. The number of pyridine rings is 1. The standard InChI is InChI=1S/C60H64ClN9O7S/c1-35(2)51(48-27-36(3)67-77-48)54(74)70-33-44(71)30-60(70,57(63)75)46(40-16-18-41(19-17-40)52-37(4)65-34-78-52)29-50(72)69-25-23-68(24-26-69)49-22-13-39(32-64-49)10-9-38-11-14-42(15-12-38)53(73)66-55-58(5,6)56(59(55,7)8)76-45-21-20-43(31-62)47(61)28-45/h11-22,27-28,32,34-35,44,46,51,55-56,71H,23-26,29-30,33H2,1-8H3,(H2,63,75)(H,66,73)/t44?,46-,51+,55?,56?,60?/m0/s1. The number of carbonyl (C=O) groups excluding carboxylic acids is 4. The number of hydrogen-bond donors (Lipinski definition) is 3. The van der Waals surface area contributed by atoms with Gasteiger partial charge in [0.1, 0.15) is 41.0 Å². The van der Waals surface area contributed by atoms with Gasteiger partial charge in [-0.3, -0.25) is 19.2 Å². The number of nitrogens with one attached hydrogen (secondary N) is 1. The highest BCUT2D eigenvalue weighted by molar-refractivity contribution is 7.13. The molecule has 3 aromatic heterocycles. The van der Waals surface area contributed by atoms with Crippen molar-refractivity contribution in [3.63, 3.8) is 0 Å². The molecule has 6 aromatic rings. The summed E-state index contributed by atoms with van der Waals surface area (Å²) in [7, 11) is 0. The summed E-state index contributed by atoms with van der Waals surface area (Å²) in [5.74, 6) is 4.34. The Bertz CT molecular complexity index is 3310. The third-order valence-corrected chi connectivity index (χ3v) is 17.2. The Labute approximate surface area is 463 Å². The number of nitriles is 1. The maximum atomic E-state index is 14.9. The number of aromatic nitrogens is 3. The van der Waals surface area contributed by atoms with Crippen LogP contribution in [0.2, 0.25) is 5.02 Å². The summed E-state index contributed by atoms with van der Waals surface area (Å²) in [6, 6.07) is 27.2. The second-order valence-corrected chi connectivity index (χ2v) is 23.5. The molecule has 3 fully saturated rings. The van der Waals surface area contributed by atoms with Crippen LogP contribution in [0.1, 0.15) is 116 Å². The number of rotatable bonds is 14. The van der Waals surface area contributed by atoms with Gasteiger partial charge in [0, 0.05) is 103 Å². The molecule has 0 radical (unpaired) electrons. The third-order valence-electron chi connectivity index (χ3n) is 15.9. The Morgan fingerprint density at radius 2 is 1.60 bits per heavy atom. The van der Waals surface area contributed by atoms with Gasteiger partial charge in [-0.05, 0) is 79.4 Å². The average Bonchev–Trinajstić information content (AvgIpc) is 4.28. The number of aryl methyl sites for hydroxylation is 2. The molecule has 78 heavy (non-hydrogen) atoms. The highest BCUT2D eigenvalue weighted by Crippen LogP contribution is 2.56. The number of aliphatic hydroxyl groups is 1. The number of hydrogen-bond acceptors (Lipinski definition) is 13. The van der Waals surface area contributed by atoms with Crippen LogP contribution in [0.5, 0.6) is 5.75 Å². The number of primary amides is 1. The Hall–Kier alpha value is -7.57. The number of benzene rings is 3. The summed E-state index contributed by atoms with van der Waals surface area (Å²) < 4.78 is 12.0. The number of ether oxygens (including phenoxy) is 1. The van der Waals surface area contributed by atoms with Crippen molar-refractivity contribution in [1.82, 2.24) is 30.2 Å². The van der Waals surface area contributed by atoms with Crippen LogP contribution in [-0.2, 0) is 14.4 Å². The van der Waals surface area contributed by atoms with Gasteiger partial charge in [-0.25, -0.2) is 9.97 Å². The molecule has 2 aliphatic heterocycles. The largest absolute Gasteiger partial charge is 0.489 e. The number of nitrogens with zero attached hydrogens (tertiary/aromatic N) is 7. The van der Waals surface area contributed by atoms with Crippen LogP contribution < -0.4 is 20.7 Å². The highest BCUT2D eigenvalue weighted by Gasteiger charge is 2.64. The van der Waals surface area contributed by atoms with Crippen LogP contribution in [0.15, 0.2) is 101 Å². The Balaban J connectivity index is 0.846. The fraction of sp³-hybridized carbons (Fsp3) is 0.400. The van der Waals surface area contributed by atoms with E-state index in [1.165, 1.54) is 16.2 Å². The Morgan fingerprint density at radius 3 is 2.18 bits per heavy atom. The number of piperazine rings is 1. The molecule has 0 spiro atoms. The lowest BCUT2D eigenvalue weighted by atomic mass is 9.49. The van der Waals surface area contributed by atoms with Crippen LogP contribution in [0.4, 0.5) is 5.82 Å². The van der Waals surface area contributed by atoms with E-state index in [1.807, 2.05) is 69.3 Å². The van der Waals surface area contributed by atoms with Gasteiger partial charge < -0.3 is 40.1 Å². The summed E-state index contributed by atoms with van der Waals surface area (Å²) in [6.07, 6.45) is 0.101. The molecule has 16 nitrogen and oxygen atoms in total. The summed E-state index contributed by atoms with van der Waals surface area (Å²) in [5, 5.41) is 28.2. The molecule has 1 aliphatic carbocycles. The molecule has 2 saturated heterocycles. The molecule has 4 amide bonds. The second kappa shape index (κ2) is 22.0. The van der Waals surface area contributed by atoms with Gasteiger partial charge in [0.25, 0.3) is 5.91 Å². The maximum Gasteiger partial charge on any atom is 0.251 e. The molecule has 404 valence electrons. The van der Waals surface area contributed by atoms with Crippen LogP contribution in [0, 0.1) is 53.8 Å². The number of likely N-dealkylation sites (tertiary alicyclic amines) is 1. The molecule has 5 heterocycles. The number of nitrogens with two attached hydrogens (primary N) is 1. The van der Waals surface area contributed by atoms with Gasteiger partial charge in [0.15, 0.2) is 0 Å². The van der Waals surface area contributed by atoms with Crippen molar-refractivity contribution < 1.29 is 33.5 Å². The third kappa shape index (κ3) is 10.7. The van der Waals surface area contributed by atoms with Crippen LogP contribution in [0.25, 0.3) is 10.4 Å². The number of carbonyl (C=O) groups is 4. The van der Waals surface area contributed by atoms with Crippen molar-refractivity contribution >= 4 is 52.4 Å². The molecule has 3 aromatic carbocycles. The second-order valence-electron chi connectivity index (χ2n) is 22.2. The van der Waals surface area contributed by atoms with Gasteiger partial charge in [-0.15, -0.1) is 11.3 Å². The molecule has 18 heteroatoms. The zero-order chi connectivity index (χ0) is 55.8. The first-order valence-electron chi connectivity index (χ1n) is 26.1. The van der Waals surface area contributed by atoms with E-state index < -0.39 is 46.1 Å². The molecular formula is C60H64ClN9O7S. The summed E-state index contributed by atoms with van der Waals surface area (Å²) in [6.45, 7) is 17.3. The van der Waals surface area contributed by atoms with E-state index in [2.05, 4.69) is 66.0 Å². The lowest BCUT2D eigenvalue weighted by Gasteiger charge is -2.63. The Kier molecular flexibility index (Phi) is 15.6. The smallest absolute Gasteiger partial charge is 0.251 e. The van der Waals surface area contributed by atoms with Gasteiger partial charge in [0.05, 0.1) is 38.5 Å². The van der Waals surface area contributed by atoms with Crippen LogP contribution in [-0.4, -0.2) is 110 Å². The molecule has 4 atom stereocenters. The minimum absolute atomic E-state index is 0.149. The van der Waals surface area contributed by atoms with Gasteiger partial charge in [-0.2, -0.15) is 5.26 Å². The van der Waals surface area contributed by atoms with Gasteiger partial charge >= 0.3 is 0 Å². The zero-order valence-electron chi connectivity index (χ0n) is 45.0. The SMILES string of the molecule is Cc1cc([C@H](C(=O)N2CC(O)CC2(C(N)=O)[C@@H](CC(=O)N2CCN(c3ccc(C#Cc4ccc(C(=O)NC5C(C)(C)C(Oc6ccc(C#N)c(Cl)c6)C5(C)C)cc4)cn3)CC2)c2ccc(-c3scnc3C)cc2)C(C)C)on1. The molecule has 1 saturated carbocycles. The van der Waals surface area contributed by atoms with Crippen molar-refractivity contribution in [3.8, 4) is 34.1 Å². The number of anilines is 1. The molecular weight excluding hydrogens is 1030 g/mol. The average molecular weight is 1090 g/mol. The number of amides is 4. The first-order chi connectivity index (χ1) is 37.1. The van der Waals surface area contributed by atoms with E-state index in [4.69, 9.17) is 31.6 Å². The number of β-amino-alcohol motifs (C(OH)–C–C–N with tert-alkyl or cyclic N) is 1. The predicted octanol–water partition coefficient (Wildman–Crippen LogP) is 8.43. The van der Waals surface area contributed by atoms with E-state index in [-0.39, 0.29) is 49.3 Å². The molecule has 3 aliphatic rings. The number of aliphatic hydroxyl groups excluding tert-OH is 1. The minimum Gasteiger partial charge on any atom is -0.489 e. The molecule has 0 bridgehead atoms. The maximum absolute atomic E-state index is 14.9. The van der Waals surface area contributed by atoms with E-state index in [0.29, 0.717) is 70.7 Å². The van der Waals surface area contributed by atoms with Gasteiger partial charge in [0.2, 0.25) is 17.7 Å². The minimum atomic E-state index is -1.76. The summed E-state index contributed by atoms with van der Waals surface area (Å²) in [4.78, 5) is 72.6. The molecule has 4 N–H and O–H groups in total. The predicted molar refractivity (Wildman–Crippen MR) is 298 cm³/mol. The lowest BCUT2D eigenvalue weighted by molar-refractivity contribution is -0.164. The summed E-state index contributed by atoms with van der Waals surface area (Å²) in [5.41, 5.74) is 11.0. The molecule has 9 rings (SSSR count). The normalized spacial score (nSPS) is 21.2. The highest BCUT2D eigenvalue weighted by atomic mass is 35.5. The zero-order valence-corrected chi connectivity index (χ0v) is 46.6. The molecule has 2 unspecified atom stereocenters. The van der Waals surface area contributed by atoms with E-state index >= 15 is 0 Å². The topological polar surface area (TPSA) is 221 Å². The lowest BCUT2D eigenvalue weighted by Crippen LogP contribution is -2.74. The van der Waals surface area contributed by atoms with Crippen LogP contribution >= 0.6 is 22.9 Å². The van der Waals surface area contributed by atoms with Crippen molar-refractivity contribution in [3.05, 3.63) is 147 Å². The first-order valence-corrected chi connectivity index (χ1v) is 27.4. The Morgan fingerprint density at radius 1 is 0.923 bits per heavy atom. The van der Waals surface area contributed by atoms with Gasteiger partial charge in [-0.1, -0.05) is 94.4 Å². The van der Waals surface area contributed by atoms with Crippen molar-refractivity contribution in [1.29, 1.82) is 5.26 Å². The van der Waals surface area contributed by atoms with Crippen molar-refractivity contribution in [2.24, 2.45) is 22.5 Å². The van der Waals surface area contributed by atoms with Crippen molar-refractivity contribution in [2.75, 3.05) is 37.6 Å². The quantitative estimate of drug-likeness (QED) is 0.0875. The number of thiazole rings is 1. The van der Waals surface area contributed by atoms with Crippen molar-refractivity contribution in [2.45, 2.75) is 104 Å².